The molecule has 1 heterocycles. The van der Waals surface area contributed by atoms with E-state index in [2.05, 4.69) is 33.0 Å². The van der Waals surface area contributed by atoms with Gasteiger partial charge in [-0.25, -0.2) is 4.39 Å². The molecule has 4 nitrogen and oxygen atoms in total. The Bertz CT molecular complexity index is 881. The lowest BCUT2D eigenvalue weighted by atomic mass is 9.66. The van der Waals surface area contributed by atoms with Gasteiger partial charge in [0.15, 0.2) is 0 Å². The van der Waals surface area contributed by atoms with E-state index in [4.69, 9.17) is 9.47 Å². The molecule has 0 saturated carbocycles. The Morgan fingerprint density at radius 3 is 2.47 bits per heavy atom. The van der Waals surface area contributed by atoms with Crippen molar-refractivity contribution < 1.29 is 18.7 Å². The highest BCUT2D eigenvalue weighted by atomic mass is 19.1. The van der Waals surface area contributed by atoms with Crippen LogP contribution in [0.1, 0.15) is 69.3 Å². The molecule has 3 rings (SSSR count). The van der Waals surface area contributed by atoms with E-state index in [1.165, 1.54) is 12.1 Å². The van der Waals surface area contributed by atoms with Crippen LogP contribution >= 0.6 is 0 Å². The summed E-state index contributed by atoms with van der Waals surface area (Å²) < 4.78 is 25.3. The molecule has 1 N–H and O–H groups in total. The number of benzene rings is 2. The van der Waals surface area contributed by atoms with E-state index in [0.29, 0.717) is 31.2 Å². The van der Waals surface area contributed by atoms with Gasteiger partial charge in [-0.05, 0) is 80.5 Å². The van der Waals surface area contributed by atoms with Crippen molar-refractivity contribution in [3.63, 3.8) is 0 Å². The Morgan fingerprint density at radius 1 is 1.16 bits per heavy atom. The van der Waals surface area contributed by atoms with Gasteiger partial charge in [0.05, 0.1) is 12.2 Å². The zero-order valence-electron chi connectivity index (χ0n) is 19.7. The van der Waals surface area contributed by atoms with E-state index in [9.17, 15) is 9.18 Å². The minimum Gasteiger partial charge on any atom is -0.493 e. The Hall–Kier alpha value is -2.40. The monoisotopic (exact) mass is 441 g/mol. The molecule has 1 aliphatic rings. The lowest BCUT2D eigenvalue weighted by Crippen LogP contribution is -2.47. The van der Waals surface area contributed by atoms with Gasteiger partial charge in [0.1, 0.15) is 11.6 Å². The first-order valence-electron chi connectivity index (χ1n) is 11.7. The maximum atomic E-state index is 13.6. The molecular weight excluding hydrogens is 405 g/mol. The second kappa shape index (κ2) is 10.5. The molecule has 32 heavy (non-hydrogen) atoms. The Labute approximate surface area is 191 Å². The van der Waals surface area contributed by atoms with Gasteiger partial charge in [-0.1, -0.05) is 32.9 Å². The SMILES string of the molecule is CC[C@]1(C)C[C@@](CCNC(=O)c2ccc(OCC(C)C)cc2)(c2ccc(F)cc2)CCO1. The normalized spacial score (nSPS) is 23.2. The van der Waals surface area contributed by atoms with Crippen molar-refractivity contribution >= 4 is 5.91 Å². The maximum absolute atomic E-state index is 13.6. The summed E-state index contributed by atoms with van der Waals surface area (Å²) in [6.45, 7) is 10.3. The number of hydrogen-bond acceptors (Lipinski definition) is 3. The molecule has 1 fully saturated rings. The topological polar surface area (TPSA) is 47.6 Å². The van der Waals surface area contributed by atoms with E-state index in [1.807, 2.05) is 24.3 Å². The van der Waals surface area contributed by atoms with Gasteiger partial charge in [0.25, 0.3) is 5.91 Å². The van der Waals surface area contributed by atoms with Crippen LogP contribution in [-0.2, 0) is 10.2 Å². The first kappa shape index (κ1) is 24.2. The van der Waals surface area contributed by atoms with Crippen LogP contribution < -0.4 is 10.1 Å². The van der Waals surface area contributed by atoms with Gasteiger partial charge >= 0.3 is 0 Å². The molecule has 2 atom stereocenters. The quantitative estimate of drug-likeness (QED) is 0.527. The smallest absolute Gasteiger partial charge is 0.251 e. The molecule has 5 heteroatoms. The first-order valence-corrected chi connectivity index (χ1v) is 11.7. The standard InChI is InChI=1S/C27H36FNO3/c1-5-26(4)19-27(15-17-32-26,22-8-10-23(28)11-9-22)14-16-29-25(30)21-6-12-24(13-7-21)31-18-20(2)3/h6-13,20H,5,14-19H2,1-4H3,(H,29,30)/t26-,27+/m1/s1. The van der Waals surface area contributed by atoms with Crippen LogP contribution in [0.5, 0.6) is 5.75 Å². The van der Waals surface area contributed by atoms with Gasteiger partial charge in [-0.3, -0.25) is 4.79 Å². The van der Waals surface area contributed by atoms with Crippen LogP contribution in [0.3, 0.4) is 0 Å². The van der Waals surface area contributed by atoms with Gasteiger partial charge in [0, 0.05) is 24.1 Å². The third-order valence-corrected chi connectivity index (χ3v) is 6.54. The second-order valence-electron chi connectivity index (χ2n) is 9.60. The largest absolute Gasteiger partial charge is 0.493 e. The van der Waals surface area contributed by atoms with Crippen molar-refractivity contribution in [1.29, 1.82) is 0 Å². The summed E-state index contributed by atoms with van der Waals surface area (Å²) in [4.78, 5) is 12.7. The zero-order chi connectivity index (χ0) is 23.2. The number of carbonyl (C=O) groups excluding carboxylic acids is 1. The predicted molar refractivity (Wildman–Crippen MR) is 126 cm³/mol. The summed E-state index contributed by atoms with van der Waals surface area (Å²) in [5.74, 6) is 0.890. The fraction of sp³-hybridized carbons (Fsp3) is 0.519. The molecule has 0 aromatic heterocycles. The minimum atomic E-state index is -0.233. The average Bonchev–Trinajstić information content (AvgIpc) is 2.78. The fourth-order valence-corrected chi connectivity index (χ4v) is 4.47. The third kappa shape index (κ3) is 6.10. The van der Waals surface area contributed by atoms with Crippen LogP contribution in [0.2, 0.25) is 0 Å². The van der Waals surface area contributed by atoms with Crippen molar-refractivity contribution in [3.8, 4) is 5.75 Å². The molecule has 1 amide bonds. The van der Waals surface area contributed by atoms with Crippen molar-refractivity contribution in [3.05, 3.63) is 65.5 Å². The highest BCUT2D eigenvalue weighted by Crippen LogP contribution is 2.45. The molecule has 0 radical (unpaired) electrons. The average molecular weight is 442 g/mol. The van der Waals surface area contributed by atoms with E-state index < -0.39 is 0 Å². The first-order chi connectivity index (χ1) is 15.3. The highest BCUT2D eigenvalue weighted by molar-refractivity contribution is 5.94. The zero-order valence-corrected chi connectivity index (χ0v) is 19.7. The molecule has 1 aliphatic heterocycles. The molecule has 0 spiro atoms. The van der Waals surface area contributed by atoms with Crippen molar-refractivity contribution in [2.24, 2.45) is 5.92 Å². The highest BCUT2D eigenvalue weighted by Gasteiger charge is 2.43. The molecule has 0 bridgehead atoms. The summed E-state index contributed by atoms with van der Waals surface area (Å²) in [5.41, 5.74) is 1.35. The number of halogens is 1. The third-order valence-electron chi connectivity index (χ3n) is 6.54. The van der Waals surface area contributed by atoms with Crippen molar-refractivity contribution in [1.82, 2.24) is 5.32 Å². The van der Waals surface area contributed by atoms with Crippen molar-refractivity contribution in [2.75, 3.05) is 19.8 Å². The molecule has 2 aromatic rings. The lowest BCUT2D eigenvalue weighted by Gasteiger charge is -2.47. The molecule has 0 unspecified atom stereocenters. The van der Waals surface area contributed by atoms with Gasteiger partial charge < -0.3 is 14.8 Å². The molecule has 0 aliphatic carbocycles. The molecule has 2 aromatic carbocycles. The summed E-state index contributed by atoms with van der Waals surface area (Å²) in [6.07, 6.45) is 3.39. The van der Waals surface area contributed by atoms with Crippen LogP contribution in [0, 0.1) is 11.7 Å². The van der Waals surface area contributed by atoms with Gasteiger partial charge in [0.2, 0.25) is 0 Å². The minimum absolute atomic E-state index is 0.0972. The number of rotatable bonds is 9. The summed E-state index contributed by atoms with van der Waals surface area (Å²) in [7, 11) is 0. The van der Waals surface area contributed by atoms with Crippen LogP contribution in [0.4, 0.5) is 4.39 Å². The summed E-state index contributed by atoms with van der Waals surface area (Å²) >= 11 is 0. The Balaban J connectivity index is 1.66. The van der Waals surface area contributed by atoms with Gasteiger partial charge in [-0.15, -0.1) is 0 Å². The van der Waals surface area contributed by atoms with Crippen LogP contribution in [0.15, 0.2) is 48.5 Å². The van der Waals surface area contributed by atoms with E-state index in [1.54, 1.807) is 12.1 Å². The van der Waals surface area contributed by atoms with E-state index in [-0.39, 0.29) is 22.7 Å². The maximum Gasteiger partial charge on any atom is 0.251 e. The molecule has 1 saturated heterocycles. The number of hydrogen-bond donors (Lipinski definition) is 1. The van der Waals surface area contributed by atoms with E-state index >= 15 is 0 Å². The molecule has 174 valence electrons. The van der Waals surface area contributed by atoms with Crippen molar-refractivity contribution in [2.45, 2.75) is 64.4 Å². The van der Waals surface area contributed by atoms with Crippen LogP contribution in [0.25, 0.3) is 0 Å². The second-order valence-corrected chi connectivity index (χ2v) is 9.60. The summed E-state index contributed by atoms with van der Waals surface area (Å²) in [5, 5.41) is 3.07. The predicted octanol–water partition coefficient (Wildman–Crippen LogP) is 5.90. The number of amides is 1. The van der Waals surface area contributed by atoms with Crippen LogP contribution in [-0.4, -0.2) is 31.3 Å². The Morgan fingerprint density at radius 2 is 1.84 bits per heavy atom. The summed E-state index contributed by atoms with van der Waals surface area (Å²) in [6, 6.07) is 14.1. The number of carbonyl (C=O) groups is 1. The fourth-order valence-electron chi connectivity index (χ4n) is 4.47. The number of ether oxygens (including phenoxy) is 2. The lowest BCUT2D eigenvalue weighted by molar-refractivity contribution is -0.0978. The number of nitrogens with one attached hydrogen (secondary N) is 1. The Kier molecular flexibility index (Phi) is 7.94. The van der Waals surface area contributed by atoms with Gasteiger partial charge in [-0.2, -0.15) is 0 Å². The molecular formula is C27H36FNO3. The van der Waals surface area contributed by atoms with E-state index in [0.717, 1.165) is 37.0 Å².